The summed E-state index contributed by atoms with van der Waals surface area (Å²) >= 11 is 5.90. The molecule has 7 heteroatoms. The van der Waals surface area contributed by atoms with Crippen molar-refractivity contribution in [3.05, 3.63) is 47.4 Å². The van der Waals surface area contributed by atoms with Gasteiger partial charge in [0.1, 0.15) is 11.4 Å². The SMILES string of the molecule is NCC(=O)N1CCC[C@H](c2nccnc2Oc2ccc(Cl)cc2)C1. The monoisotopic (exact) mass is 346 g/mol. The van der Waals surface area contributed by atoms with Crippen LogP contribution in [-0.2, 0) is 4.79 Å². The van der Waals surface area contributed by atoms with Crippen LogP contribution in [0.5, 0.6) is 11.6 Å². The van der Waals surface area contributed by atoms with Crippen LogP contribution < -0.4 is 10.5 Å². The Balaban J connectivity index is 1.80. The largest absolute Gasteiger partial charge is 0.437 e. The third kappa shape index (κ3) is 3.83. The van der Waals surface area contributed by atoms with Crippen molar-refractivity contribution in [2.45, 2.75) is 18.8 Å². The summed E-state index contributed by atoms with van der Waals surface area (Å²) in [7, 11) is 0. The van der Waals surface area contributed by atoms with Gasteiger partial charge < -0.3 is 15.4 Å². The van der Waals surface area contributed by atoms with E-state index >= 15 is 0 Å². The number of benzene rings is 1. The topological polar surface area (TPSA) is 81.3 Å². The molecule has 24 heavy (non-hydrogen) atoms. The molecule has 1 atom stereocenters. The van der Waals surface area contributed by atoms with E-state index in [9.17, 15) is 4.79 Å². The average molecular weight is 347 g/mol. The van der Waals surface area contributed by atoms with Gasteiger partial charge in [0.05, 0.1) is 6.54 Å². The third-order valence-corrected chi connectivity index (χ3v) is 4.31. The van der Waals surface area contributed by atoms with Crippen molar-refractivity contribution in [2.24, 2.45) is 5.73 Å². The maximum absolute atomic E-state index is 11.9. The molecule has 6 nitrogen and oxygen atoms in total. The van der Waals surface area contributed by atoms with Gasteiger partial charge in [-0.05, 0) is 37.1 Å². The maximum Gasteiger partial charge on any atom is 0.241 e. The van der Waals surface area contributed by atoms with Crippen LogP contribution in [0.3, 0.4) is 0 Å². The number of ether oxygens (including phenoxy) is 1. The van der Waals surface area contributed by atoms with Crippen LogP contribution in [0, 0.1) is 0 Å². The van der Waals surface area contributed by atoms with Gasteiger partial charge in [-0.25, -0.2) is 4.98 Å². The molecule has 1 fully saturated rings. The third-order valence-electron chi connectivity index (χ3n) is 4.05. The molecule has 0 radical (unpaired) electrons. The molecule has 1 aromatic carbocycles. The highest BCUT2D eigenvalue weighted by Crippen LogP contribution is 2.32. The molecule has 0 unspecified atom stereocenters. The number of rotatable bonds is 4. The van der Waals surface area contributed by atoms with E-state index in [1.807, 2.05) is 0 Å². The Labute approximate surface area is 145 Å². The zero-order chi connectivity index (χ0) is 16.9. The van der Waals surface area contributed by atoms with E-state index in [1.54, 1.807) is 41.6 Å². The summed E-state index contributed by atoms with van der Waals surface area (Å²) in [5.41, 5.74) is 6.24. The standard InChI is InChI=1S/C17H19ClN4O2/c18-13-3-5-14(6-4-13)24-17-16(20-7-8-21-17)12-2-1-9-22(11-12)15(23)10-19/h3-8,12H,1-2,9-11,19H2/t12-/m0/s1. The molecule has 1 aliphatic heterocycles. The Morgan fingerprint density at radius 2 is 2.04 bits per heavy atom. The summed E-state index contributed by atoms with van der Waals surface area (Å²) < 4.78 is 5.88. The second-order valence-corrected chi connectivity index (χ2v) is 6.12. The molecule has 0 aliphatic carbocycles. The molecule has 1 saturated heterocycles. The van der Waals surface area contributed by atoms with Crippen LogP contribution in [0.1, 0.15) is 24.5 Å². The van der Waals surface area contributed by atoms with Crippen LogP contribution in [-0.4, -0.2) is 40.4 Å². The molecule has 2 aromatic rings. The van der Waals surface area contributed by atoms with E-state index < -0.39 is 0 Å². The van der Waals surface area contributed by atoms with Gasteiger partial charge in [-0.15, -0.1) is 0 Å². The highest BCUT2D eigenvalue weighted by molar-refractivity contribution is 6.30. The number of amides is 1. The van der Waals surface area contributed by atoms with Gasteiger partial charge in [0.2, 0.25) is 11.8 Å². The first kappa shape index (κ1) is 16.7. The molecule has 0 spiro atoms. The average Bonchev–Trinajstić information content (AvgIpc) is 2.63. The fourth-order valence-electron chi connectivity index (χ4n) is 2.86. The van der Waals surface area contributed by atoms with E-state index in [1.165, 1.54) is 0 Å². The van der Waals surface area contributed by atoms with Gasteiger partial charge in [0.25, 0.3) is 0 Å². The molecule has 0 bridgehead atoms. The minimum absolute atomic E-state index is 0.0291. The molecule has 1 aliphatic rings. The summed E-state index contributed by atoms with van der Waals surface area (Å²) in [6, 6.07) is 7.09. The number of likely N-dealkylation sites (tertiary alicyclic amines) is 1. The second-order valence-electron chi connectivity index (χ2n) is 5.69. The lowest BCUT2D eigenvalue weighted by Crippen LogP contribution is -2.42. The number of hydrogen-bond acceptors (Lipinski definition) is 5. The first-order chi connectivity index (χ1) is 11.7. The number of halogens is 1. The van der Waals surface area contributed by atoms with Crippen LogP contribution in [0.4, 0.5) is 0 Å². The van der Waals surface area contributed by atoms with E-state index in [2.05, 4.69) is 9.97 Å². The van der Waals surface area contributed by atoms with Crippen molar-refractivity contribution >= 4 is 17.5 Å². The van der Waals surface area contributed by atoms with Crippen LogP contribution in [0.2, 0.25) is 5.02 Å². The number of carbonyl (C=O) groups excluding carboxylic acids is 1. The van der Waals surface area contributed by atoms with Crippen molar-refractivity contribution < 1.29 is 9.53 Å². The van der Waals surface area contributed by atoms with E-state index in [-0.39, 0.29) is 18.4 Å². The van der Waals surface area contributed by atoms with Gasteiger partial charge in [-0.3, -0.25) is 9.78 Å². The second kappa shape index (κ2) is 7.59. The number of nitrogens with zero attached hydrogens (tertiary/aromatic N) is 3. The molecular weight excluding hydrogens is 328 g/mol. The summed E-state index contributed by atoms with van der Waals surface area (Å²) in [4.78, 5) is 22.4. The van der Waals surface area contributed by atoms with Crippen molar-refractivity contribution in [3.63, 3.8) is 0 Å². The Kier molecular flexibility index (Phi) is 5.27. The van der Waals surface area contributed by atoms with Gasteiger partial charge in [-0.2, -0.15) is 0 Å². The van der Waals surface area contributed by atoms with E-state index in [0.29, 0.717) is 23.2 Å². The van der Waals surface area contributed by atoms with Crippen molar-refractivity contribution in [3.8, 4) is 11.6 Å². The van der Waals surface area contributed by atoms with Gasteiger partial charge in [0, 0.05) is 36.4 Å². The Morgan fingerprint density at radius 3 is 2.79 bits per heavy atom. The zero-order valence-electron chi connectivity index (χ0n) is 13.2. The fourth-order valence-corrected chi connectivity index (χ4v) is 2.99. The lowest BCUT2D eigenvalue weighted by atomic mass is 9.94. The summed E-state index contributed by atoms with van der Waals surface area (Å²) in [6.45, 7) is 1.35. The number of carbonyl (C=O) groups is 1. The highest BCUT2D eigenvalue weighted by atomic mass is 35.5. The molecule has 2 N–H and O–H groups in total. The zero-order valence-corrected chi connectivity index (χ0v) is 13.9. The summed E-state index contributed by atoms with van der Waals surface area (Å²) in [5, 5.41) is 0.643. The Morgan fingerprint density at radius 1 is 1.29 bits per heavy atom. The summed E-state index contributed by atoms with van der Waals surface area (Å²) in [6.07, 6.45) is 5.09. The quantitative estimate of drug-likeness (QED) is 0.920. The molecule has 3 rings (SSSR count). The highest BCUT2D eigenvalue weighted by Gasteiger charge is 2.27. The first-order valence-corrected chi connectivity index (χ1v) is 8.27. The maximum atomic E-state index is 11.9. The van der Waals surface area contributed by atoms with E-state index in [4.69, 9.17) is 22.1 Å². The lowest BCUT2D eigenvalue weighted by Gasteiger charge is -2.32. The van der Waals surface area contributed by atoms with Gasteiger partial charge >= 0.3 is 0 Å². The molecule has 1 aromatic heterocycles. The normalized spacial score (nSPS) is 17.6. The van der Waals surface area contributed by atoms with Crippen LogP contribution in [0.15, 0.2) is 36.7 Å². The van der Waals surface area contributed by atoms with E-state index in [0.717, 1.165) is 25.1 Å². The summed E-state index contributed by atoms with van der Waals surface area (Å²) in [5.74, 6) is 1.16. The molecule has 2 heterocycles. The molecule has 0 saturated carbocycles. The first-order valence-electron chi connectivity index (χ1n) is 7.89. The predicted octanol–water partition coefficient (Wildman–Crippen LogP) is 2.59. The van der Waals surface area contributed by atoms with Crippen molar-refractivity contribution in [1.82, 2.24) is 14.9 Å². The molecule has 1 amide bonds. The number of piperidine rings is 1. The Hall–Kier alpha value is -2.18. The number of nitrogens with two attached hydrogens (primary N) is 1. The number of aromatic nitrogens is 2. The smallest absolute Gasteiger partial charge is 0.241 e. The van der Waals surface area contributed by atoms with Crippen molar-refractivity contribution in [2.75, 3.05) is 19.6 Å². The van der Waals surface area contributed by atoms with Crippen molar-refractivity contribution in [1.29, 1.82) is 0 Å². The van der Waals surface area contributed by atoms with Crippen LogP contribution in [0.25, 0.3) is 0 Å². The van der Waals surface area contributed by atoms with Gasteiger partial charge in [0.15, 0.2) is 0 Å². The minimum Gasteiger partial charge on any atom is -0.437 e. The fraction of sp³-hybridized carbons (Fsp3) is 0.353. The molecular formula is C17H19ClN4O2. The Bertz CT molecular complexity index is 708. The predicted molar refractivity (Wildman–Crippen MR) is 91.2 cm³/mol. The number of hydrogen-bond donors (Lipinski definition) is 1. The van der Waals surface area contributed by atoms with Gasteiger partial charge in [-0.1, -0.05) is 11.6 Å². The lowest BCUT2D eigenvalue weighted by molar-refractivity contribution is -0.130. The van der Waals surface area contributed by atoms with Crippen LogP contribution >= 0.6 is 11.6 Å². The molecule has 126 valence electrons. The minimum atomic E-state index is -0.0382.